The second-order valence-electron chi connectivity index (χ2n) is 5.18. The van der Waals surface area contributed by atoms with Gasteiger partial charge in [-0.3, -0.25) is 0 Å². The lowest BCUT2D eigenvalue weighted by atomic mass is 10.1. The molecular weight excluding hydrogens is 326 g/mol. The van der Waals surface area contributed by atoms with E-state index in [1.165, 1.54) is 0 Å². The number of aromatic nitrogens is 1. The van der Waals surface area contributed by atoms with E-state index in [0.29, 0.717) is 19.5 Å². The standard InChI is InChI=1S/C15H15BrF2N2/c16-12-10-11-4-1-2-5-13(11)19-14(12)20-8-3-6-15(17,18)7-9-20/h1-2,4-5,10H,3,6-9H2. The molecule has 0 spiro atoms. The molecule has 5 heteroatoms. The number of hydrogen-bond acceptors (Lipinski definition) is 2. The summed E-state index contributed by atoms with van der Waals surface area (Å²) in [4.78, 5) is 6.58. The largest absolute Gasteiger partial charge is 0.355 e. The fourth-order valence-corrected chi connectivity index (χ4v) is 3.16. The third-order valence-corrected chi connectivity index (χ3v) is 4.26. The normalized spacial score (nSPS) is 19.1. The van der Waals surface area contributed by atoms with E-state index in [1.807, 2.05) is 35.2 Å². The van der Waals surface area contributed by atoms with E-state index in [4.69, 9.17) is 0 Å². The summed E-state index contributed by atoms with van der Waals surface area (Å²) in [5.41, 5.74) is 0.890. The van der Waals surface area contributed by atoms with E-state index in [2.05, 4.69) is 20.9 Å². The van der Waals surface area contributed by atoms with Gasteiger partial charge in [0.05, 0.1) is 9.99 Å². The number of pyridine rings is 1. The molecule has 2 aromatic rings. The second-order valence-corrected chi connectivity index (χ2v) is 6.04. The van der Waals surface area contributed by atoms with Crippen molar-refractivity contribution in [3.63, 3.8) is 0 Å². The van der Waals surface area contributed by atoms with Crippen LogP contribution in [-0.2, 0) is 0 Å². The number of nitrogens with zero attached hydrogens (tertiary/aromatic N) is 2. The monoisotopic (exact) mass is 340 g/mol. The topological polar surface area (TPSA) is 16.1 Å². The highest BCUT2D eigenvalue weighted by molar-refractivity contribution is 9.10. The Morgan fingerprint density at radius 2 is 1.95 bits per heavy atom. The van der Waals surface area contributed by atoms with Crippen LogP contribution in [0, 0.1) is 0 Å². The van der Waals surface area contributed by atoms with Crippen LogP contribution in [0.4, 0.5) is 14.6 Å². The summed E-state index contributed by atoms with van der Waals surface area (Å²) in [5, 5.41) is 1.04. The Kier molecular flexibility index (Phi) is 3.63. The van der Waals surface area contributed by atoms with Crippen LogP contribution in [0.25, 0.3) is 10.9 Å². The zero-order valence-electron chi connectivity index (χ0n) is 11.0. The molecule has 2 nitrogen and oxygen atoms in total. The van der Waals surface area contributed by atoms with Gasteiger partial charge >= 0.3 is 0 Å². The van der Waals surface area contributed by atoms with Gasteiger partial charge in [0.15, 0.2) is 0 Å². The van der Waals surface area contributed by atoms with Gasteiger partial charge in [-0.15, -0.1) is 0 Å². The van der Waals surface area contributed by atoms with E-state index in [1.54, 1.807) is 0 Å². The highest BCUT2D eigenvalue weighted by Gasteiger charge is 2.32. The number of rotatable bonds is 1. The van der Waals surface area contributed by atoms with Crippen molar-refractivity contribution in [3.8, 4) is 0 Å². The molecule has 0 unspecified atom stereocenters. The van der Waals surface area contributed by atoms with E-state index in [9.17, 15) is 8.78 Å². The smallest absolute Gasteiger partial charge is 0.249 e. The zero-order chi connectivity index (χ0) is 14.2. The molecule has 106 valence electrons. The average molecular weight is 341 g/mol. The molecule has 0 amide bonds. The van der Waals surface area contributed by atoms with E-state index >= 15 is 0 Å². The molecule has 1 saturated heterocycles. The molecule has 1 aliphatic rings. The number of benzene rings is 1. The van der Waals surface area contributed by atoms with Crippen molar-refractivity contribution in [2.24, 2.45) is 0 Å². The molecule has 0 N–H and O–H groups in total. The van der Waals surface area contributed by atoms with Crippen molar-refractivity contribution in [1.82, 2.24) is 4.98 Å². The summed E-state index contributed by atoms with van der Waals surface area (Å²) in [7, 11) is 0. The quantitative estimate of drug-likeness (QED) is 0.752. The van der Waals surface area contributed by atoms with Crippen LogP contribution in [0.15, 0.2) is 34.8 Å². The van der Waals surface area contributed by atoms with Crippen molar-refractivity contribution in [3.05, 3.63) is 34.8 Å². The van der Waals surface area contributed by atoms with Crippen LogP contribution in [0.3, 0.4) is 0 Å². The molecule has 0 bridgehead atoms. The fraction of sp³-hybridized carbons (Fsp3) is 0.400. The average Bonchev–Trinajstić information content (AvgIpc) is 2.59. The first kappa shape index (κ1) is 13.7. The maximum Gasteiger partial charge on any atom is 0.249 e. The lowest BCUT2D eigenvalue weighted by molar-refractivity contribution is -0.0102. The fourth-order valence-electron chi connectivity index (χ4n) is 2.58. The lowest BCUT2D eigenvalue weighted by Gasteiger charge is -2.23. The van der Waals surface area contributed by atoms with Gasteiger partial charge in [0.25, 0.3) is 0 Å². The molecule has 1 aromatic heterocycles. The van der Waals surface area contributed by atoms with Gasteiger partial charge in [-0.05, 0) is 34.5 Å². The minimum absolute atomic E-state index is 0.0330. The van der Waals surface area contributed by atoms with E-state index in [0.717, 1.165) is 21.2 Å². The molecule has 20 heavy (non-hydrogen) atoms. The molecule has 1 aliphatic heterocycles. The SMILES string of the molecule is FC1(F)CCCN(c2nc3ccccc3cc2Br)CC1. The van der Waals surface area contributed by atoms with Crippen LogP contribution in [-0.4, -0.2) is 24.0 Å². The van der Waals surface area contributed by atoms with Crippen molar-refractivity contribution in [1.29, 1.82) is 0 Å². The summed E-state index contributed by atoms with van der Waals surface area (Å²) in [6.45, 7) is 0.969. The van der Waals surface area contributed by atoms with E-state index in [-0.39, 0.29) is 12.8 Å². The van der Waals surface area contributed by atoms with Gasteiger partial charge in [0, 0.05) is 31.3 Å². The maximum atomic E-state index is 13.4. The Morgan fingerprint density at radius 1 is 1.15 bits per heavy atom. The van der Waals surface area contributed by atoms with Gasteiger partial charge in [0.2, 0.25) is 5.92 Å². The summed E-state index contributed by atoms with van der Waals surface area (Å²) in [6.07, 6.45) is 0.358. The number of anilines is 1. The Balaban J connectivity index is 1.95. The molecule has 1 aromatic carbocycles. The van der Waals surface area contributed by atoms with Gasteiger partial charge in [-0.25, -0.2) is 13.8 Å². The van der Waals surface area contributed by atoms with Crippen LogP contribution >= 0.6 is 15.9 Å². The van der Waals surface area contributed by atoms with Gasteiger partial charge in [-0.1, -0.05) is 18.2 Å². The molecular formula is C15H15BrF2N2. The summed E-state index contributed by atoms with van der Waals surface area (Å²) in [6, 6.07) is 9.83. The Hall–Kier alpha value is -1.23. The highest BCUT2D eigenvalue weighted by atomic mass is 79.9. The third-order valence-electron chi connectivity index (χ3n) is 3.68. The molecule has 0 aliphatic carbocycles. The van der Waals surface area contributed by atoms with Gasteiger partial charge in [-0.2, -0.15) is 0 Å². The summed E-state index contributed by atoms with van der Waals surface area (Å²) >= 11 is 3.52. The van der Waals surface area contributed by atoms with Crippen LogP contribution in [0.1, 0.15) is 19.3 Å². The van der Waals surface area contributed by atoms with Crippen molar-refractivity contribution in [2.75, 3.05) is 18.0 Å². The maximum absolute atomic E-state index is 13.4. The second kappa shape index (κ2) is 5.28. The predicted molar refractivity (Wildman–Crippen MR) is 80.5 cm³/mol. The molecule has 0 radical (unpaired) electrons. The first-order chi connectivity index (χ1) is 9.55. The highest BCUT2D eigenvalue weighted by Crippen LogP contribution is 2.33. The number of para-hydroxylation sites is 1. The minimum atomic E-state index is -2.54. The molecule has 3 rings (SSSR count). The van der Waals surface area contributed by atoms with Crippen molar-refractivity contribution in [2.45, 2.75) is 25.2 Å². The Bertz CT molecular complexity index is 630. The van der Waals surface area contributed by atoms with Crippen LogP contribution in [0.2, 0.25) is 0 Å². The van der Waals surface area contributed by atoms with Crippen molar-refractivity contribution >= 4 is 32.7 Å². The molecule has 1 fully saturated rings. The Morgan fingerprint density at radius 3 is 2.80 bits per heavy atom. The van der Waals surface area contributed by atoms with Crippen LogP contribution < -0.4 is 4.90 Å². The first-order valence-corrected chi connectivity index (χ1v) is 7.53. The van der Waals surface area contributed by atoms with Crippen molar-refractivity contribution < 1.29 is 8.78 Å². The van der Waals surface area contributed by atoms with Gasteiger partial charge < -0.3 is 4.90 Å². The van der Waals surface area contributed by atoms with Gasteiger partial charge in [0.1, 0.15) is 5.82 Å². The summed E-state index contributed by atoms with van der Waals surface area (Å²) < 4.78 is 27.8. The zero-order valence-corrected chi connectivity index (χ0v) is 12.5. The van der Waals surface area contributed by atoms with E-state index < -0.39 is 5.92 Å². The van der Waals surface area contributed by atoms with Crippen LogP contribution in [0.5, 0.6) is 0 Å². The first-order valence-electron chi connectivity index (χ1n) is 6.73. The Labute approximate surface area is 124 Å². The summed E-state index contributed by atoms with van der Waals surface area (Å²) in [5.74, 6) is -1.78. The molecule has 0 atom stereocenters. The number of fused-ring (bicyclic) bond motifs is 1. The third kappa shape index (κ3) is 2.77. The number of alkyl halides is 2. The predicted octanol–water partition coefficient (Wildman–Crippen LogP) is 4.62. The lowest BCUT2D eigenvalue weighted by Crippen LogP contribution is -2.27. The molecule has 0 saturated carbocycles. The molecule has 2 heterocycles. The number of hydrogen-bond donors (Lipinski definition) is 0. The number of halogens is 3. The minimum Gasteiger partial charge on any atom is -0.355 e.